The molecule has 27 heavy (non-hydrogen) atoms. The first-order chi connectivity index (χ1) is 13.2. The molecule has 1 atom stereocenters. The van der Waals surface area contributed by atoms with Crippen molar-refractivity contribution in [3.05, 3.63) is 54.0 Å². The molecule has 4 rings (SSSR count). The van der Waals surface area contributed by atoms with E-state index in [2.05, 4.69) is 30.2 Å². The molecule has 4 aromatic rings. The third kappa shape index (κ3) is 3.43. The van der Waals surface area contributed by atoms with E-state index in [1.165, 1.54) is 18.5 Å². The SMILES string of the molecule is CCOCc1nc2cc(F)ccc2cc1[C@H](C)Nc1ncnc2nc[nH]c12. The fraction of sp³-hybridized carbons (Fsp3) is 0.263. The zero-order valence-electron chi connectivity index (χ0n) is 15.0. The number of rotatable bonds is 6. The van der Waals surface area contributed by atoms with E-state index < -0.39 is 0 Å². The van der Waals surface area contributed by atoms with Crippen LogP contribution in [0.15, 0.2) is 36.9 Å². The van der Waals surface area contributed by atoms with Gasteiger partial charge in [-0.2, -0.15) is 0 Å². The molecule has 0 amide bonds. The van der Waals surface area contributed by atoms with Gasteiger partial charge in [0.1, 0.15) is 17.7 Å². The number of nitrogens with zero attached hydrogens (tertiary/aromatic N) is 4. The van der Waals surface area contributed by atoms with E-state index in [4.69, 9.17) is 4.74 Å². The van der Waals surface area contributed by atoms with Gasteiger partial charge in [-0.05, 0) is 37.6 Å². The number of hydrogen-bond acceptors (Lipinski definition) is 6. The van der Waals surface area contributed by atoms with Gasteiger partial charge in [-0.25, -0.2) is 24.3 Å². The van der Waals surface area contributed by atoms with Gasteiger partial charge in [0.15, 0.2) is 11.5 Å². The largest absolute Gasteiger partial charge is 0.375 e. The monoisotopic (exact) mass is 366 g/mol. The lowest BCUT2D eigenvalue weighted by Gasteiger charge is -2.19. The lowest BCUT2D eigenvalue weighted by molar-refractivity contribution is 0.130. The van der Waals surface area contributed by atoms with E-state index >= 15 is 0 Å². The molecular formula is C19H19FN6O. The van der Waals surface area contributed by atoms with E-state index in [9.17, 15) is 4.39 Å². The Morgan fingerprint density at radius 2 is 2.11 bits per heavy atom. The predicted octanol–water partition coefficient (Wildman–Crippen LogP) is 3.75. The van der Waals surface area contributed by atoms with Crippen LogP contribution < -0.4 is 5.32 Å². The highest BCUT2D eigenvalue weighted by Crippen LogP contribution is 2.27. The van der Waals surface area contributed by atoms with Gasteiger partial charge in [0.2, 0.25) is 0 Å². The molecular weight excluding hydrogens is 347 g/mol. The first-order valence-corrected chi connectivity index (χ1v) is 8.73. The zero-order valence-corrected chi connectivity index (χ0v) is 15.0. The second-order valence-corrected chi connectivity index (χ2v) is 6.19. The first kappa shape index (κ1) is 17.3. The third-order valence-corrected chi connectivity index (χ3v) is 4.38. The number of halogens is 1. The van der Waals surface area contributed by atoms with Crippen LogP contribution in [0.3, 0.4) is 0 Å². The van der Waals surface area contributed by atoms with Crippen molar-refractivity contribution in [1.29, 1.82) is 0 Å². The second-order valence-electron chi connectivity index (χ2n) is 6.19. The van der Waals surface area contributed by atoms with Gasteiger partial charge in [0.25, 0.3) is 0 Å². The average molecular weight is 366 g/mol. The Labute approximate surface area is 155 Å². The molecule has 0 bridgehead atoms. The van der Waals surface area contributed by atoms with Gasteiger partial charge in [0, 0.05) is 18.1 Å². The summed E-state index contributed by atoms with van der Waals surface area (Å²) < 4.78 is 19.1. The van der Waals surface area contributed by atoms with Crippen molar-refractivity contribution >= 4 is 27.9 Å². The van der Waals surface area contributed by atoms with Crippen LogP contribution >= 0.6 is 0 Å². The number of imidazole rings is 1. The molecule has 0 aliphatic rings. The number of aromatic amines is 1. The van der Waals surface area contributed by atoms with Crippen LogP contribution in [0.4, 0.5) is 10.2 Å². The van der Waals surface area contributed by atoms with Crippen LogP contribution in [0, 0.1) is 5.82 Å². The maximum atomic E-state index is 13.6. The van der Waals surface area contributed by atoms with E-state index in [1.54, 1.807) is 12.4 Å². The molecule has 0 aliphatic heterocycles. The molecule has 3 aromatic heterocycles. The quantitative estimate of drug-likeness (QED) is 0.540. The van der Waals surface area contributed by atoms with Gasteiger partial charge in [-0.15, -0.1) is 0 Å². The highest BCUT2D eigenvalue weighted by Gasteiger charge is 2.16. The molecule has 3 heterocycles. The fourth-order valence-corrected chi connectivity index (χ4v) is 3.04. The summed E-state index contributed by atoms with van der Waals surface area (Å²) in [6, 6.07) is 6.51. The van der Waals surface area contributed by atoms with Crippen molar-refractivity contribution < 1.29 is 9.13 Å². The number of benzene rings is 1. The molecule has 0 saturated heterocycles. The van der Waals surface area contributed by atoms with Crippen LogP contribution in [0.1, 0.15) is 31.1 Å². The lowest BCUT2D eigenvalue weighted by Crippen LogP contribution is -2.13. The Hall–Kier alpha value is -3.13. The number of hydrogen-bond donors (Lipinski definition) is 2. The molecule has 1 aromatic carbocycles. The highest BCUT2D eigenvalue weighted by molar-refractivity contribution is 5.83. The van der Waals surface area contributed by atoms with Crippen LogP contribution in [0.5, 0.6) is 0 Å². The van der Waals surface area contributed by atoms with E-state index in [-0.39, 0.29) is 11.9 Å². The molecule has 0 fully saturated rings. The molecule has 0 spiro atoms. The highest BCUT2D eigenvalue weighted by atomic mass is 19.1. The van der Waals surface area contributed by atoms with Gasteiger partial charge < -0.3 is 15.0 Å². The van der Waals surface area contributed by atoms with Crippen LogP contribution in [0.25, 0.3) is 22.1 Å². The lowest BCUT2D eigenvalue weighted by atomic mass is 10.0. The van der Waals surface area contributed by atoms with Crippen LogP contribution in [-0.2, 0) is 11.3 Å². The van der Waals surface area contributed by atoms with Gasteiger partial charge in [-0.1, -0.05) is 0 Å². The van der Waals surface area contributed by atoms with Crippen molar-refractivity contribution in [2.24, 2.45) is 0 Å². The van der Waals surface area contributed by atoms with E-state index in [0.717, 1.165) is 22.2 Å². The smallest absolute Gasteiger partial charge is 0.182 e. The number of fused-ring (bicyclic) bond motifs is 2. The van der Waals surface area contributed by atoms with Crippen molar-refractivity contribution in [2.75, 3.05) is 11.9 Å². The van der Waals surface area contributed by atoms with Crippen molar-refractivity contribution in [3.8, 4) is 0 Å². The molecule has 0 saturated carbocycles. The van der Waals surface area contributed by atoms with Crippen molar-refractivity contribution in [2.45, 2.75) is 26.5 Å². The number of pyridine rings is 1. The Bertz CT molecular complexity index is 1100. The van der Waals surface area contributed by atoms with Gasteiger partial charge >= 0.3 is 0 Å². The number of H-pyrrole nitrogens is 1. The summed E-state index contributed by atoms with van der Waals surface area (Å²) in [4.78, 5) is 20.3. The molecule has 2 N–H and O–H groups in total. The van der Waals surface area contributed by atoms with Crippen molar-refractivity contribution in [1.82, 2.24) is 24.9 Å². The maximum absolute atomic E-state index is 13.6. The third-order valence-electron chi connectivity index (χ3n) is 4.38. The van der Waals surface area contributed by atoms with Gasteiger partial charge in [0.05, 0.1) is 30.2 Å². The average Bonchev–Trinajstić information content (AvgIpc) is 3.15. The summed E-state index contributed by atoms with van der Waals surface area (Å²) in [7, 11) is 0. The Balaban J connectivity index is 1.73. The number of anilines is 1. The van der Waals surface area contributed by atoms with E-state index in [0.29, 0.717) is 30.2 Å². The predicted molar refractivity (Wildman–Crippen MR) is 101 cm³/mol. The van der Waals surface area contributed by atoms with E-state index in [1.807, 2.05) is 19.9 Å². The maximum Gasteiger partial charge on any atom is 0.182 e. The molecule has 7 nitrogen and oxygen atoms in total. The van der Waals surface area contributed by atoms with Gasteiger partial charge in [-0.3, -0.25) is 0 Å². The van der Waals surface area contributed by atoms with Crippen LogP contribution in [0.2, 0.25) is 0 Å². The molecule has 0 radical (unpaired) electrons. The first-order valence-electron chi connectivity index (χ1n) is 8.73. The fourth-order valence-electron chi connectivity index (χ4n) is 3.04. The normalized spacial score (nSPS) is 12.6. The minimum Gasteiger partial charge on any atom is -0.375 e. The second kappa shape index (κ2) is 7.24. The Morgan fingerprint density at radius 1 is 1.22 bits per heavy atom. The minimum atomic E-state index is -0.307. The standard InChI is InChI=1S/C19H19FN6O/c1-3-27-8-16-14(6-12-4-5-13(20)7-15(12)26-16)11(2)25-19-17-18(22-9-21-17)23-10-24-19/h4-7,9-11H,3,8H2,1-2H3,(H2,21,22,23,24,25)/t11-/m0/s1. The topological polar surface area (TPSA) is 88.6 Å². The molecule has 0 unspecified atom stereocenters. The number of ether oxygens (including phenoxy) is 1. The zero-order chi connectivity index (χ0) is 18.8. The summed E-state index contributed by atoms with van der Waals surface area (Å²) in [5.74, 6) is 0.352. The summed E-state index contributed by atoms with van der Waals surface area (Å²) >= 11 is 0. The molecule has 0 aliphatic carbocycles. The Kier molecular flexibility index (Phi) is 4.64. The van der Waals surface area contributed by atoms with Crippen LogP contribution in [-0.4, -0.2) is 31.5 Å². The summed E-state index contributed by atoms with van der Waals surface area (Å²) in [5, 5.41) is 4.26. The summed E-state index contributed by atoms with van der Waals surface area (Å²) in [6.45, 7) is 4.88. The Morgan fingerprint density at radius 3 is 2.96 bits per heavy atom. The summed E-state index contributed by atoms with van der Waals surface area (Å²) in [6.07, 6.45) is 3.06. The van der Waals surface area contributed by atoms with Crippen molar-refractivity contribution in [3.63, 3.8) is 0 Å². The molecule has 8 heteroatoms. The molecule has 138 valence electrons. The minimum absolute atomic E-state index is 0.108. The summed E-state index contributed by atoms with van der Waals surface area (Å²) in [5.41, 5.74) is 3.69. The number of nitrogens with one attached hydrogen (secondary N) is 2. The number of aromatic nitrogens is 5.